The molecule has 96 valence electrons. The number of tetrazole rings is 1. The van der Waals surface area contributed by atoms with Crippen LogP contribution in [0.15, 0.2) is 18.3 Å². The van der Waals surface area contributed by atoms with Crippen LogP contribution in [0.25, 0.3) is 5.57 Å². The summed E-state index contributed by atoms with van der Waals surface area (Å²) >= 11 is 0. The molecule has 0 unspecified atom stereocenters. The minimum atomic E-state index is 0.146. The summed E-state index contributed by atoms with van der Waals surface area (Å²) < 4.78 is 0. The first kappa shape index (κ1) is 12.6. The average Bonchev–Trinajstić information content (AvgIpc) is 2.89. The lowest BCUT2D eigenvalue weighted by molar-refractivity contribution is 0.473. The van der Waals surface area contributed by atoms with Crippen LogP contribution in [0.1, 0.15) is 17.0 Å². The number of aromatic amines is 1. The summed E-state index contributed by atoms with van der Waals surface area (Å²) in [4.78, 5) is 0. The van der Waals surface area contributed by atoms with Gasteiger partial charge in [-0.15, -0.1) is 10.2 Å². The molecule has 7 nitrogen and oxygen atoms in total. The zero-order valence-corrected chi connectivity index (χ0v) is 10.5. The van der Waals surface area contributed by atoms with Crippen molar-refractivity contribution < 1.29 is 5.11 Å². The van der Waals surface area contributed by atoms with E-state index in [1.165, 1.54) is 6.20 Å². The number of nitrogens with zero attached hydrogens (tertiary/aromatic N) is 4. The molecule has 2 rings (SSSR count). The number of aromatic nitrogens is 4. The van der Waals surface area contributed by atoms with E-state index >= 15 is 0 Å². The first-order valence-electron chi connectivity index (χ1n) is 5.52. The lowest BCUT2D eigenvalue weighted by atomic mass is 10.1. The number of aryl methyl sites for hydroxylation is 2. The number of hydrogen-bond acceptors (Lipinski definition) is 6. The van der Waals surface area contributed by atoms with Gasteiger partial charge in [-0.25, -0.2) is 0 Å². The third-order valence-corrected chi connectivity index (χ3v) is 2.52. The highest BCUT2D eigenvalue weighted by molar-refractivity contribution is 5.75. The van der Waals surface area contributed by atoms with Crippen LogP contribution in [0.4, 0.5) is 5.69 Å². The van der Waals surface area contributed by atoms with Crippen LogP contribution in [0, 0.1) is 25.2 Å². The normalized spacial score (nSPS) is 11.1. The van der Waals surface area contributed by atoms with Crippen LogP contribution in [0.2, 0.25) is 0 Å². The van der Waals surface area contributed by atoms with Crippen LogP contribution < -0.4 is 5.32 Å². The zero-order chi connectivity index (χ0) is 13.8. The molecule has 0 aliphatic heterocycles. The maximum Gasteiger partial charge on any atom is 0.216 e. The van der Waals surface area contributed by atoms with E-state index in [2.05, 4.69) is 25.9 Å². The lowest BCUT2D eigenvalue weighted by Gasteiger charge is -2.08. The minimum Gasteiger partial charge on any atom is -0.505 e. The number of rotatable bonds is 3. The predicted molar refractivity (Wildman–Crippen MR) is 69.0 cm³/mol. The van der Waals surface area contributed by atoms with Crippen LogP contribution in [0.5, 0.6) is 5.75 Å². The number of nitrogens with one attached hydrogen (secondary N) is 2. The SMILES string of the molecule is Cc1cc(C)c(O)c(NC=C(C#N)c2nn[nH]n2)c1. The first-order chi connectivity index (χ1) is 9.11. The van der Waals surface area contributed by atoms with Crippen LogP contribution in [-0.4, -0.2) is 25.7 Å². The smallest absolute Gasteiger partial charge is 0.216 e. The Balaban J connectivity index is 2.30. The van der Waals surface area contributed by atoms with Crippen LogP contribution >= 0.6 is 0 Å². The van der Waals surface area contributed by atoms with Gasteiger partial charge < -0.3 is 10.4 Å². The number of phenolic OH excluding ortho intramolecular Hbond substituents is 1. The molecule has 19 heavy (non-hydrogen) atoms. The fraction of sp³-hybridized carbons (Fsp3) is 0.167. The highest BCUT2D eigenvalue weighted by atomic mass is 16.3. The van der Waals surface area contributed by atoms with E-state index in [-0.39, 0.29) is 17.1 Å². The van der Waals surface area contributed by atoms with Crippen molar-refractivity contribution in [3.8, 4) is 11.8 Å². The van der Waals surface area contributed by atoms with Crippen molar-refractivity contribution >= 4 is 11.3 Å². The van der Waals surface area contributed by atoms with Gasteiger partial charge >= 0.3 is 0 Å². The van der Waals surface area contributed by atoms with Gasteiger partial charge in [0.25, 0.3) is 0 Å². The molecule has 0 aliphatic carbocycles. The molecule has 2 aromatic rings. The number of allylic oxidation sites excluding steroid dienone is 1. The van der Waals surface area contributed by atoms with Gasteiger partial charge in [0.2, 0.25) is 5.82 Å². The number of hydrogen-bond donors (Lipinski definition) is 3. The molecule has 1 heterocycles. The lowest BCUT2D eigenvalue weighted by Crippen LogP contribution is -1.95. The summed E-state index contributed by atoms with van der Waals surface area (Å²) in [5, 5.41) is 34.9. The Bertz CT molecular complexity index is 654. The van der Waals surface area contributed by atoms with Crippen molar-refractivity contribution in [2.75, 3.05) is 5.32 Å². The number of anilines is 1. The van der Waals surface area contributed by atoms with Gasteiger partial charge in [0.1, 0.15) is 17.4 Å². The second kappa shape index (κ2) is 5.18. The van der Waals surface area contributed by atoms with Crippen molar-refractivity contribution in [3.05, 3.63) is 35.3 Å². The zero-order valence-electron chi connectivity index (χ0n) is 10.5. The Labute approximate surface area is 109 Å². The molecule has 3 N–H and O–H groups in total. The van der Waals surface area contributed by atoms with Gasteiger partial charge in [0.05, 0.1) is 5.69 Å². The third kappa shape index (κ3) is 2.69. The maximum atomic E-state index is 9.91. The van der Waals surface area contributed by atoms with Crippen LogP contribution in [0.3, 0.4) is 0 Å². The Morgan fingerprint density at radius 2 is 2.26 bits per heavy atom. The maximum absolute atomic E-state index is 9.91. The molecule has 0 saturated heterocycles. The van der Waals surface area contributed by atoms with Gasteiger partial charge in [-0.3, -0.25) is 0 Å². The number of phenols is 1. The van der Waals surface area contributed by atoms with Crippen molar-refractivity contribution in [2.24, 2.45) is 0 Å². The summed E-state index contributed by atoms with van der Waals surface area (Å²) in [5.41, 5.74) is 2.50. The molecule has 0 fully saturated rings. The van der Waals surface area contributed by atoms with Gasteiger partial charge in [0.15, 0.2) is 0 Å². The Morgan fingerprint density at radius 3 is 2.89 bits per heavy atom. The van der Waals surface area contributed by atoms with Crippen molar-refractivity contribution in [3.63, 3.8) is 0 Å². The van der Waals surface area contributed by atoms with Gasteiger partial charge in [-0.2, -0.15) is 10.5 Å². The Hall–Kier alpha value is -2.88. The predicted octanol–water partition coefficient (Wildman–Crippen LogP) is 1.50. The van der Waals surface area contributed by atoms with E-state index in [1.54, 1.807) is 6.07 Å². The molecule has 1 aromatic heterocycles. The highest BCUT2D eigenvalue weighted by Crippen LogP contribution is 2.28. The first-order valence-corrected chi connectivity index (χ1v) is 5.52. The quantitative estimate of drug-likeness (QED) is 0.567. The summed E-state index contributed by atoms with van der Waals surface area (Å²) in [5.74, 6) is 0.339. The molecule has 0 amide bonds. The molecule has 0 spiro atoms. The largest absolute Gasteiger partial charge is 0.505 e. The van der Waals surface area contributed by atoms with E-state index < -0.39 is 0 Å². The molecule has 0 aliphatic rings. The van der Waals surface area contributed by atoms with E-state index in [0.29, 0.717) is 5.69 Å². The van der Waals surface area contributed by atoms with Gasteiger partial charge in [-0.1, -0.05) is 6.07 Å². The molecule has 0 saturated carbocycles. The standard InChI is InChI=1S/C12H12N6O/c1-7-3-8(2)11(19)10(4-7)14-6-9(5-13)12-15-17-18-16-12/h3-4,6,14,19H,1-2H3,(H,15,16,17,18). The summed E-state index contributed by atoms with van der Waals surface area (Å²) in [6.07, 6.45) is 1.43. The molecule has 1 aromatic carbocycles. The molecular weight excluding hydrogens is 244 g/mol. The fourth-order valence-electron chi connectivity index (χ4n) is 1.64. The number of H-pyrrole nitrogens is 1. The van der Waals surface area contributed by atoms with Gasteiger partial charge in [-0.05, 0) is 36.3 Å². The summed E-state index contributed by atoms with van der Waals surface area (Å²) in [6.45, 7) is 3.73. The van der Waals surface area contributed by atoms with E-state index in [1.807, 2.05) is 26.0 Å². The van der Waals surface area contributed by atoms with Gasteiger partial charge in [0, 0.05) is 6.20 Å². The second-order valence-corrected chi connectivity index (χ2v) is 4.03. The average molecular weight is 256 g/mol. The van der Waals surface area contributed by atoms with Crippen LogP contribution in [-0.2, 0) is 0 Å². The molecule has 0 radical (unpaired) electrons. The fourth-order valence-corrected chi connectivity index (χ4v) is 1.64. The monoisotopic (exact) mass is 256 g/mol. The number of benzene rings is 1. The molecule has 0 bridgehead atoms. The van der Waals surface area contributed by atoms with Crippen molar-refractivity contribution in [2.45, 2.75) is 13.8 Å². The Morgan fingerprint density at radius 1 is 1.47 bits per heavy atom. The second-order valence-electron chi connectivity index (χ2n) is 4.03. The Kier molecular flexibility index (Phi) is 3.43. The van der Waals surface area contributed by atoms with Crippen molar-refractivity contribution in [1.29, 1.82) is 5.26 Å². The number of nitriles is 1. The number of aromatic hydroxyl groups is 1. The third-order valence-electron chi connectivity index (χ3n) is 2.52. The molecule has 0 atom stereocenters. The van der Waals surface area contributed by atoms with E-state index in [0.717, 1.165) is 11.1 Å². The van der Waals surface area contributed by atoms with E-state index in [9.17, 15) is 5.11 Å². The molecule has 7 heteroatoms. The highest BCUT2D eigenvalue weighted by Gasteiger charge is 2.08. The van der Waals surface area contributed by atoms with E-state index in [4.69, 9.17) is 5.26 Å². The topological polar surface area (TPSA) is 111 Å². The summed E-state index contributed by atoms with van der Waals surface area (Å²) in [7, 11) is 0. The molecular formula is C12H12N6O. The van der Waals surface area contributed by atoms with Crippen molar-refractivity contribution in [1.82, 2.24) is 20.6 Å². The summed E-state index contributed by atoms with van der Waals surface area (Å²) in [6, 6.07) is 5.61. The minimum absolute atomic E-state index is 0.146.